The van der Waals surface area contributed by atoms with Gasteiger partial charge in [-0.05, 0) is 115 Å². The van der Waals surface area contributed by atoms with E-state index in [1.165, 1.54) is 71.6 Å². The fourth-order valence-corrected chi connectivity index (χ4v) is 9.37. The largest absolute Gasteiger partial charge is 0.311 e. The van der Waals surface area contributed by atoms with Crippen molar-refractivity contribution in [2.45, 2.75) is 0 Å². The molecule has 0 saturated heterocycles. The van der Waals surface area contributed by atoms with Crippen molar-refractivity contribution in [1.82, 2.24) is 9.97 Å². The zero-order valence-electron chi connectivity index (χ0n) is 32.1. The van der Waals surface area contributed by atoms with Crippen molar-refractivity contribution in [2.24, 2.45) is 0 Å². The van der Waals surface area contributed by atoms with Crippen molar-refractivity contribution in [3.8, 4) is 33.6 Å². The molecule has 2 aliphatic rings. The molecule has 0 bridgehead atoms. The molecule has 0 aliphatic carbocycles. The molecule has 3 heterocycles. The summed E-state index contributed by atoms with van der Waals surface area (Å²) in [6.07, 6.45) is 3.66. The molecule has 0 saturated carbocycles. The van der Waals surface area contributed by atoms with Crippen LogP contribution in [0.1, 0.15) is 0 Å². The third-order valence-electron chi connectivity index (χ3n) is 12.1. The average Bonchev–Trinajstić information content (AvgIpc) is 3.31. The second-order valence-electron chi connectivity index (χ2n) is 15.4. The lowest BCUT2D eigenvalue weighted by Gasteiger charge is -2.44. The zero-order chi connectivity index (χ0) is 38.9. The quantitative estimate of drug-likeness (QED) is 0.164. The molecule has 0 amide bonds. The van der Waals surface area contributed by atoms with Crippen LogP contribution in [0.2, 0.25) is 0 Å². The minimum absolute atomic E-state index is 0.0374. The average molecular weight is 751 g/mol. The normalized spacial score (nSPS) is 12.6. The molecule has 0 fully saturated rings. The maximum Gasteiger partial charge on any atom is 0.252 e. The van der Waals surface area contributed by atoms with Crippen LogP contribution in [0.25, 0.3) is 55.2 Å². The predicted molar refractivity (Wildman–Crippen MR) is 247 cm³/mol. The Morgan fingerprint density at radius 3 is 1.15 bits per heavy atom. The van der Waals surface area contributed by atoms with Crippen LogP contribution < -0.4 is 26.2 Å². The molecule has 9 aromatic carbocycles. The van der Waals surface area contributed by atoms with Gasteiger partial charge in [-0.25, -0.2) is 9.97 Å². The number of fused-ring (bicyclic) bond motifs is 6. The predicted octanol–water partition coefficient (Wildman–Crippen LogP) is 11.9. The maximum absolute atomic E-state index is 4.82. The molecule has 2 aliphatic heterocycles. The van der Waals surface area contributed by atoms with Crippen LogP contribution in [0.15, 0.2) is 213 Å². The SMILES string of the molecule is c1ccc(-c2ccc(N3c4cc5ccccc5cc4B4c5cc6ccccc6cc5N(c5ccc(-c6ccccc6)cc5)c5cc(-c6ncccn6)cc3c54)cc2)cc1. The molecule has 12 rings (SSSR count). The molecule has 0 N–H and O–H groups in total. The third-order valence-corrected chi connectivity index (χ3v) is 12.1. The van der Waals surface area contributed by atoms with Crippen molar-refractivity contribution in [1.29, 1.82) is 0 Å². The molecule has 0 unspecified atom stereocenters. The lowest BCUT2D eigenvalue weighted by Crippen LogP contribution is -2.61. The number of rotatable bonds is 5. The molecular weight excluding hydrogens is 715 g/mol. The number of hydrogen-bond donors (Lipinski definition) is 0. The van der Waals surface area contributed by atoms with Crippen molar-refractivity contribution in [2.75, 3.05) is 9.80 Å². The molecule has 10 aromatic rings. The van der Waals surface area contributed by atoms with Gasteiger partial charge in [-0.15, -0.1) is 0 Å². The van der Waals surface area contributed by atoms with Crippen LogP contribution >= 0.6 is 0 Å². The van der Waals surface area contributed by atoms with Crippen molar-refractivity contribution in [3.05, 3.63) is 213 Å². The van der Waals surface area contributed by atoms with Gasteiger partial charge < -0.3 is 9.80 Å². The Bertz CT molecular complexity index is 3010. The highest BCUT2D eigenvalue weighted by Gasteiger charge is 2.44. The third kappa shape index (κ3) is 5.47. The summed E-state index contributed by atoms with van der Waals surface area (Å²) in [5.41, 5.74) is 16.3. The molecule has 59 heavy (non-hydrogen) atoms. The van der Waals surface area contributed by atoms with E-state index in [1.54, 1.807) is 0 Å². The number of hydrogen-bond acceptors (Lipinski definition) is 4. The van der Waals surface area contributed by atoms with Gasteiger partial charge >= 0.3 is 0 Å². The highest BCUT2D eigenvalue weighted by Crippen LogP contribution is 2.47. The van der Waals surface area contributed by atoms with Gasteiger partial charge in [0.05, 0.1) is 0 Å². The summed E-state index contributed by atoms with van der Waals surface area (Å²) in [6.45, 7) is -0.0374. The fraction of sp³-hybridized carbons (Fsp3) is 0. The summed E-state index contributed by atoms with van der Waals surface area (Å²) in [7, 11) is 0. The van der Waals surface area contributed by atoms with Gasteiger partial charge in [-0.1, -0.05) is 146 Å². The summed E-state index contributed by atoms with van der Waals surface area (Å²) in [4.78, 5) is 14.6. The van der Waals surface area contributed by atoms with Gasteiger partial charge in [0.2, 0.25) is 0 Å². The molecular formula is C54H35BN4. The van der Waals surface area contributed by atoms with E-state index >= 15 is 0 Å². The molecule has 5 heteroatoms. The lowest BCUT2D eigenvalue weighted by molar-refractivity contribution is 1.17. The van der Waals surface area contributed by atoms with E-state index in [0.717, 1.165) is 28.3 Å². The van der Waals surface area contributed by atoms with E-state index in [9.17, 15) is 0 Å². The Labute approximate surface area is 343 Å². The van der Waals surface area contributed by atoms with E-state index in [1.807, 2.05) is 18.5 Å². The highest BCUT2D eigenvalue weighted by atomic mass is 15.2. The molecule has 0 atom stereocenters. The van der Waals surface area contributed by atoms with Crippen molar-refractivity contribution in [3.63, 3.8) is 0 Å². The van der Waals surface area contributed by atoms with Crippen LogP contribution in [-0.2, 0) is 0 Å². The number of anilines is 6. The number of benzene rings is 9. The Balaban J connectivity index is 1.17. The van der Waals surface area contributed by atoms with Crippen molar-refractivity contribution >= 4 is 78.8 Å². The van der Waals surface area contributed by atoms with E-state index in [4.69, 9.17) is 9.97 Å². The first kappa shape index (κ1) is 33.4. The Morgan fingerprint density at radius 1 is 0.322 bits per heavy atom. The Morgan fingerprint density at radius 2 is 0.712 bits per heavy atom. The highest BCUT2D eigenvalue weighted by molar-refractivity contribution is 7.00. The Kier molecular flexibility index (Phi) is 7.60. The molecule has 0 spiro atoms. The maximum atomic E-state index is 4.82. The standard InChI is InChI=1S/C54H35BN4/c1-3-12-36(13-4-1)38-20-24-45(25-21-38)58-49-32-42-18-9-7-16-40(42)30-47(49)55-48-31-41-17-8-10-19-43(41)33-50(48)59(46-26-22-39(23-27-46)37-14-5-2-6-15-37)52-35-44(34-51(58)53(52)55)54-56-28-11-29-57-54/h1-35H. The summed E-state index contributed by atoms with van der Waals surface area (Å²) >= 11 is 0. The zero-order valence-corrected chi connectivity index (χ0v) is 32.1. The van der Waals surface area contributed by atoms with Crippen LogP contribution in [0.4, 0.5) is 34.1 Å². The minimum Gasteiger partial charge on any atom is -0.311 e. The van der Waals surface area contributed by atoms with Crippen LogP contribution in [-0.4, -0.2) is 16.7 Å². The van der Waals surface area contributed by atoms with E-state index < -0.39 is 0 Å². The van der Waals surface area contributed by atoms with Gasteiger partial charge in [-0.2, -0.15) is 0 Å². The first-order chi connectivity index (χ1) is 29.2. The van der Waals surface area contributed by atoms with Gasteiger partial charge in [0.15, 0.2) is 5.82 Å². The van der Waals surface area contributed by atoms with E-state index in [2.05, 4.69) is 204 Å². The summed E-state index contributed by atoms with van der Waals surface area (Å²) < 4.78 is 0. The number of aromatic nitrogens is 2. The first-order valence-corrected chi connectivity index (χ1v) is 20.2. The van der Waals surface area contributed by atoms with E-state index in [-0.39, 0.29) is 6.71 Å². The molecule has 4 nitrogen and oxygen atoms in total. The van der Waals surface area contributed by atoms with Gasteiger partial charge in [0.25, 0.3) is 6.71 Å². The van der Waals surface area contributed by atoms with Gasteiger partial charge in [-0.3, -0.25) is 0 Å². The van der Waals surface area contributed by atoms with E-state index in [0.29, 0.717) is 5.82 Å². The fourth-order valence-electron chi connectivity index (χ4n) is 9.37. The first-order valence-electron chi connectivity index (χ1n) is 20.2. The van der Waals surface area contributed by atoms with Crippen LogP contribution in [0.5, 0.6) is 0 Å². The summed E-state index contributed by atoms with van der Waals surface area (Å²) in [6, 6.07) is 72.9. The topological polar surface area (TPSA) is 32.3 Å². The van der Waals surface area contributed by atoms with Crippen molar-refractivity contribution < 1.29 is 0 Å². The summed E-state index contributed by atoms with van der Waals surface area (Å²) in [5, 5.41) is 4.87. The summed E-state index contributed by atoms with van der Waals surface area (Å²) in [5.74, 6) is 0.690. The molecule has 0 radical (unpaired) electrons. The van der Waals surface area contributed by atoms with Gasteiger partial charge in [0.1, 0.15) is 0 Å². The number of nitrogens with zero attached hydrogens (tertiary/aromatic N) is 4. The second-order valence-corrected chi connectivity index (χ2v) is 15.4. The molecule has 1 aromatic heterocycles. The minimum atomic E-state index is -0.0374. The van der Waals surface area contributed by atoms with Gasteiger partial charge in [0, 0.05) is 52.1 Å². The second kappa shape index (κ2) is 13.4. The smallest absolute Gasteiger partial charge is 0.252 e. The van der Waals surface area contributed by atoms with Crippen LogP contribution in [0.3, 0.4) is 0 Å². The molecule has 274 valence electrons. The van der Waals surface area contributed by atoms with Crippen LogP contribution in [0, 0.1) is 0 Å². The Hall–Kier alpha value is -7.76. The monoisotopic (exact) mass is 750 g/mol. The lowest BCUT2D eigenvalue weighted by atomic mass is 9.33.